The van der Waals surface area contributed by atoms with Crippen LogP contribution in [0.1, 0.15) is 63.7 Å². The molecule has 0 radical (unpaired) electrons. The molecule has 0 amide bonds. The Balaban J connectivity index is 2.06. The average molecular weight is 508 g/mol. The molecule has 0 aliphatic carbocycles. The van der Waals surface area contributed by atoms with E-state index in [2.05, 4.69) is 0 Å². The molecule has 0 heterocycles. The van der Waals surface area contributed by atoms with Crippen molar-refractivity contribution in [1.29, 1.82) is 0 Å². The molecule has 0 aromatic heterocycles. The molecule has 38 heavy (non-hydrogen) atoms. The number of hydrogen-bond acceptors (Lipinski definition) is 4. The van der Waals surface area contributed by atoms with E-state index >= 15 is 0 Å². The molecule has 4 aromatic carbocycles. The second-order valence-corrected chi connectivity index (χ2v) is 8.28. The molecule has 0 atom stereocenters. The minimum Gasteiger partial charge on any atom is -0.478 e. The predicted octanol–water partition coefficient (Wildman–Crippen LogP) is 5.49. The van der Waals surface area contributed by atoms with Crippen LogP contribution in [0.2, 0.25) is 0 Å². The maximum atomic E-state index is 11.4. The van der Waals surface area contributed by atoms with Crippen LogP contribution in [-0.2, 0) is 0 Å². The fourth-order valence-corrected chi connectivity index (χ4v) is 4.03. The first-order valence-corrected chi connectivity index (χ1v) is 11.2. The highest BCUT2D eigenvalue weighted by Gasteiger charge is 2.18. The second-order valence-electron chi connectivity index (χ2n) is 8.28. The van der Waals surface area contributed by atoms with Crippen molar-refractivity contribution in [1.82, 2.24) is 0 Å². The lowest BCUT2D eigenvalue weighted by Gasteiger charge is -2.19. The monoisotopic (exact) mass is 508 g/mol. The van der Waals surface area contributed by atoms with Crippen LogP contribution in [-0.4, -0.2) is 44.3 Å². The first-order chi connectivity index (χ1) is 18.2. The van der Waals surface area contributed by atoms with Crippen molar-refractivity contribution in [2.45, 2.75) is 0 Å². The van der Waals surface area contributed by atoms with Gasteiger partial charge in [-0.05, 0) is 81.9 Å². The van der Waals surface area contributed by atoms with Crippen LogP contribution in [0.15, 0.2) is 97.1 Å². The van der Waals surface area contributed by atoms with Crippen LogP contribution >= 0.6 is 0 Å². The molecular formula is C30H20O8. The molecule has 0 saturated carbocycles. The molecule has 4 aromatic rings. The summed E-state index contributed by atoms with van der Waals surface area (Å²) >= 11 is 0. The Labute approximate surface area is 216 Å². The fourth-order valence-electron chi connectivity index (χ4n) is 4.03. The van der Waals surface area contributed by atoms with Gasteiger partial charge in [-0.15, -0.1) is 0 Å². The van der Waals surface area contributed by atoms with Gasteiger partial charge in [-0.1, -0.05) is 48.5 Å². The highest BCUT2D eigenvalue weighted by Crippen LogP contribution is 2.37. The van der Waals surface area contributed by atoms with Crippen LogP contribution in [0.4, 0.5) is 0 Å². The smallest absolute Gasteiger partial charge is 0.335 e. The number of carboxylic acids is 4. The first kappa shape index (κ1) is 25.6. The summed E-state index contributed by atoms with van der Waals surface area (Å²) in [5.41, 5.74) is 3.95. The van der Waals surface area contributed by atoms with Crippen LogP contribution in [0.5, 0.6) is 0 Å². The zero-order valence-corrected chi connectivity index (χ0v) is 19.7. The zero-order chi connectivity index (χ0) is 27.4. The van der Waals surface area contributed by atoms with Crippen LogP contribution in [0.25, 0.3) is 11.1 Å². The van der Waals surface area contributed by atoms with Gasteiger partial charge in [0, 0.05) is 0 Å². The van der Waals surface area contributed by atoms with Crippen molar-refractivity contribution >= 4 is 35.0 Å². The Hall–Kier alpha value is -5.50. The number of rotatable bonds is 8. The van der Waals surface area contributed by atoms with E-state index in [9.17, 15) is 39.6 Å². The summed E-state index contributed by atoms with van der Waals surface area (Å²) in [6.45, 7) is 0. The van der Waals surface area contributed by atoms with Crippen LogP contribution < -0.4 is 0 Å². The van der Waals surface area contributed by atoms with Gasteiger partial charge >= 0.3 is 23.9 Å². The van der Waals surface area contributed by atoms with Crippen molar-refractivity contribution in [2.24, 2.45) is 0 Å². The lowest BCUT2D eigenvalue weighted by atomic mass is 9.85. The van der Waals surface area contributed by atoms with Crippen molar-refractivity contribution in [3.8, 4) is 0 Å². The van der Waals surface area contributed by atoms with Gasteiger partial charge in [0.05, 0.1) is 22.3 Å². The van der Waals surface area contributed by atoms with E-state index in [1.807, 2.05) is 0 Å². The van der Waals surface area contributed by atoms with E-state index in [1.165, 1.54) is 48.5 Å². The third-order valence-corrected chi connectivity index (χ3v) is 5.93. The number of hydrogen-bond donors (Lipinski definition) is 4. The Morgan fingerprint density at radius 3 is 0.553 bits per heavy atom. The molecule has 188 valence electrons. The maximum Gasteiger partial charge on any atom is 0.335 e. The van der Waals surface area contributed by atoms with Gasteiger partial charge < -0.3 is 20.4 Å². The summed E-state index contributed by atoms with van der Waals surface area (Å²) in [6.07, 6.45) is 0. The first-order valence-electron chi connectivity index (χ1n) is 11.2. The third-order valence-electron chi connectivity index (χ3n) is 5.93. The predicted molar refractivity (Wildman–Crippen MR) is 139 cm³/mol. The Morgan fingerprint density at radius 1 is 0.289 bits per heavy atom. The topological polar surface area (TPSA) is 149 Å². The summed E-state index contributed by atoms with van der Waals surface area (Å²) in [7, 11) is 0. The highest BCUT2D eigenvalue weighted by molar-refractivity contribution is 6.05. The minimum atomic E-state index is -1.10. The van der Waals surface area contributed by atoms with Gasteiger partial charge in [-0.3, -0.25) is 0 Å². The zero-order valence-electron chi connectivity index (χ0n) is 19.7. The molecule has 4 rings (SSSR count). The fraction of sp³-hybridized carbons (Fsp3) is 0. The summed E-state index contributed by atoms with van der Waals surface area (Å²) in [5, 5.41) is 37.4. The molecule has 8 nitrogen and oxygen atoms in total. The SMILES string of the molecule is O=C(O)c1ccc(C(=C(c2ccc(C(=O)O)cc2)c2ccc(C(=O)O)cc2)c2ccc(C(=O)O)cc2)cc1. The van der Waals surface area contributed by atoms with Gasteiger partial charge in [0.25, 0.3) is 0 Å². The van der Waals surface area contributed by atoms with Crippen LogP contribution in [0.3, 0.4) is 0 Å². The van der Waals surface area contributed by atoms with Crippen LogP contribution in [0, 0.1) is 0 Å². The Kier molecular flexibility index (Phi) is 7.16. The molecule has 4 N–H and O–H groups in total. The molecule has 0 aliphatic rings. The molecule has 0 unspecified atom stereocenters. The standard InChI is InChI=1S/C30H20O8/c31-27(32)21-9-1-17(2-10-21)25(18-3-11-22(12-4-18)28(33)34)26(19-5-13-23(14-6-19)29(35)36)20-7-15-24(16-8-20)30(37)38/h1-16H,(H,31,32)(H,33,34)(H,35,36)(H,37,38). The van der Waals surface area contributed by atoms with E-state index in [4.69, 9.17) is 0 Å². The van der Waals surface area contributed by atoms with E-state index in [-0.39, 0.29) is 22.3 Å². The highest BCUT2D eigenvalue weighted by atomic mass is 16.4. The third kappa shape index (κ3) is 5.34. The summed E-state index contributed by atoms with van der Waals surface area (Å²) in [6, 6.07) is 24.6. The molecule has 0 saturated heterocycles. The molecule has 0 aliphatic heterocycles. The molecule has 0 bridgehead atoms. The Morgan fingerprint density at radius 2 is 0.421 bits per heavy atom. The number of carboxylic acid groups (broad SMARTS) is 4. The normalized spacial score (nSPS) is 10.4. The molecule has 8 heteroatoms. The van der Waals surface area contributed by atoms with E-state index in [1.54, 1.807) is 48.5 Å². The lowest BCUT2D eigenvalue weighted by molar-refractivity contribution is 0.0686. The van der Waals surface area contributed by atoms with E-state index in [0.717, 1.165) is 0 Å². The van der Waals surface area contributed by atoms with Crippen molar-refractivity contribution < 1.29 is 39.6 Å². The number of benzene rings is 4. The van der Waals surface area contributed by atoms with Crippen molar-refractivity contribution in [2.75, 3.05) is 0 Å². The lowest BCUT2D eigenvalue weighted by Crippen LogP contribution is -2.02. The molecular weight excluding hydrogens is 488 g/mol. The molecule has 0 spiro atoms. The van der Waals surface area contributed by atoms with Gasteiger partial charge in [0.15, 0.2) is 0 Å². The summed E-state index contributed by atoms with van der Waals surface area (Å²) in [4.78, 5) is 45.8. The van der Waals surface area contributed by atoms with Crippen molar-refractivity contribution in [3.63, 3.8) is 0 Å². The quantitative estimate of drug-likeness (QED) is 0.228. The van der Waals surface area contributed by atoms with E-state index in [0.29, 0.717) is 33.4 Å². The summed E-state index contributed by atoms with van der Waals surface area (Å²) in [5.74, 6) is -4.38. The molecule has 0 fully saturated rings. The summed E-state index contributed by atoms with van der Waals surface area (Å²) < 4.78 is 0. The Bertz CT molecular complexity index is 1320. The van der Waals surface area contributed by atoms with Gasteiger partial charge in [0.2, 0.25) is 0 Å². The number of aromatic carboxylic acids is 4. The second kappa shape index (κ2) is 10.6. The number of carbonyl (C=O) groups is 4. The largest absolute Gasteiger partial charge is 0.478 e. The van der Waals surface area contributed by atoms with Gasteiger partial charge in [-0.2, -0.15) is 0 Å². The van der Waals surface area contributed by atoms with Crippen molar-refractivity contribution in [3.05, 3.63) is 142 Å². The van der Waals surface area contributed by atoms with Gasteiger partial charge in [0.1, 0.15) is 0 Å². The van der Waals surface area contributed by atoms with Gasteiger partial charge in [-0.25, -0.2) is 19.2 Å². The average Bonchev–Trinajstić information content (AvgIpc) is 2.92. The van der Waals surface area contributed by atoms with E-state index < -0.39 is 23.9 Å². The maximum absolute atomic E-state index is 11.4. The minimum absolute atomic E-state index is 0.0764.